The first-order valence-electron chi connectivity index (χ1n) is 10.5. The lowest BCUT2D eigenvalue weighted by Crippen LogP contribution is -2.26. The number of amides is 1. The average Bonchev–Trinajstić information content (AvgIpc) is 3.20. The first-order chi connectivity index (χ1) is 16.2. The molecule has 176 valence electrons. The van der Waals surface area contributed by atoms with E-state index >= 15 is 0 Å². The van der Waals surface area contributed by atoms with Gasteiger partial charge in [-0.3, -0.25) is 4.79 Å². The van der Waals surface area contributed by atoms with Gasteiger partial charge in [-0.1, -0.05) is 48.0 Å². The molecule has 0 aliphatic heterocycles. The summed E-state index contributed by atoms with van der Waals surface area (Å²) in [6.07, 6.45) is -3.98. The Morgan fingerprint density at radius 3 is 2.62 bits per heavy atom. The predicted octanol–water partition coefficient (Wildman–Crippen LogP) is 7.21. The number of fused-ring (bicyclic) bond motifs is 1. The van der Waals surface area contributed by atoms with Crippen LogP contribution < -0.4 is 5.32 Å². The van der Waals surface area contributed by atoms with E-state index in [4.69, 9.17) is 16.3 Å². The normalized spacial score (nSPS) is 11.7. The molecular weight excluding hydrogens is 483 g/mol. The van der Waals surface area contributed by atoms with Gasteiger partial charge in [0.1, 0.15) is 0 Å². The second-order valence-electron chi connectivity index (χ2n) is 7.79. The summed E-state index contributed by atoms with van der Waals surface area (Å²) < 4.78 is 45.2. The third kappa shape index (κ3) is 5.60. The molecule has 0 bridgehead atoms. The summed E-state index contributed by atoms with van der Waals surface area (Å²) in [5.74, 6) is -0.246. The summed E-state index contributed by atoms with van der Waals surface area (Å²) in [6, 6.07) is 18.4. The molecule has 8 heteroatoms. The molecule has 1 aromatic heterocycles. The molecule has 4 aromatic rings. The van der Waals surface area contributed by atoms with Crippen LogP contribution in [-0.4, -0.2) is 26.2 Å². The fourth-order valence-electron chi connectivity index (χ4n) is 3.73. The molecule has 0 spiro atoms. The first kappa shape index (κ1) is 24.3. The van der Waals surface area contributed by atoms with Crippen LogP contribution in [0.5, 0.6) is 0 Å². The van der Waals surface area contributed by atoms with E-state index in [1.54, 1.807) is 31.4 Å². The third-order valence-corrected chi connectivity index (χ3v) is 6.69. The summed E-state index contributed by atoms with van der Waals surface area (Å²) in [5.41, 5.74) is 2.09. The monoisotopic (exact) mass is 503 g/mol. The Labute approximate surface area is 204 Å². The van der Waals surface area contributed by atoms with Crippen molar-refractivity contribution in [2.24, 2.45) is 0 Å². The Balaban J connectivity index is 1.66. The van der Waals surface area contributed by atoms with Gasteiger partial charge in [-0.15, -0.1) is 11.3 Å². The minimum atomic E-state index is -4.37. The van der Waals surface area contributed by atoms with Crippen molar-refractivity contribution in [1.29, 1.82) is 0 Å². The molecule has 3 nitrogen and oxygen atoms in total. The molecular formula is C26H21ClF3NO2S. The number of carbonyl (C=O) groups is 1. The van der Waals surface area contributed by atoms with Gasteiger partial charge >= 0.3 is 6.18 Å². The summed E-state index contributed by atoms with van der Waals surface area (Å²) in [5, 5.41) is 4.21. The topological polar surface area (TPSA) is 38.3 Å². The van der Waals surface area contributed by atoms with Gasteiger partial charge in [0.05, 0.1) is 12.2 Å². The fraction of sp³-hybridized carbons (Fsp3) is 0.192. The third-order valence-electron chi connectivity index (χ3n) is 5.29. The van der Waals surface area contributed by atoms with Crippen LogP contribution in [0.4, 0.5) is 13.2 Å². The van der Waals surface area contributed by atoms with Crippen molar-refractivity contribution < 1.29 is 22.7 Å². The number of hydrogen-bond acceptors (Lipinski definition) is 3. The molecule has 1 heterocycles. The van der Waals surface area contributed by atoms with Crippen LogP contribution in [0.15, 0.2) is 66.7 Å². The van der Waals surface area contributed by atoms with Crippen LogP contribution in [0.1, 0.15) is 26.4 Å². The van der Waals surface area contributed by atoms with Crippen LogP contribution in [0.25, 0.3) is 21.2 Å². The van der Waals surface area contributed by atoms with Gasteiger partial charge in [-0.25, -0.2) is 0 Å². The van der Waals surface area contributed by atoms with Gasteiger partial charge in [0, 0.05) is 40.2 Å². The summed E-state index contributed by atoms with van der Waals surface area (Å²) >= 11 is 7.85. The molecule has 1 amide bonds. The summed E-state index contributed by atoms with van der Waals surface area (Å²) in [7, 11) is 1.56. The van der Waals surface area contributed by atoms with E-state index < -0.39 is 11.7 Å². The Bertz CT molecular complexity index is 1330. The number of thiophene rings is 1. The number of methoxy groups -OCH3 is 1. The molecule has 0 fully saturated rings. The van der Waals surface area contributed by atoms with Crippen molar-refractivity contribution in [2.75, 3.05) is 20.3 Å². The Kier molecular flexibility index (Phi) is 7.26. The van der Waals surface area contributed by atoms with E-state index in [-0.39, 0.29) is 5.91 Å². The number of benzene rings is 3. The van der Waals surface area contributed by atoms with E-state index in [9.17, 15) is 18.0 Å². The second kappa shape index (κ2) is 10.2. The number of hydrogen-bond donors (Lipinski definition) is 1. The van der Waals surface area contributed by atoms with E-state index in [1.165, 1.54) is 23.5 Å². The maximum Gasteiger partial charge on any atom is 0.416 e. The first-order valence-corrected chi connectivity index (χ1v) is 11.7. The highest BCUT2D eigenvalue weighted by atomic mass is 35.5. The largest absolute Gasteiger partial charge is 0.416 e. The minimum Gasteiger partial charge on any atom is -0.383 e. The maximum atomic E-state index is 13.1. The van der Waals surface area contributed by atoms with Crippen molar-refractivity contribution in [1.82, 2.24) is 5.32 Å². The zero-order valence-electron chi connectivity index (χ0n) is 18.2. The van der Waals surface area contributed by atoms with Crippen molar-refractivity contribution >= 4 is 38.9 Å². The Hall–Kier alpha value is -2.87. The van der Waals surface area contributed by atoms with Crippen molar-refractivity contribution in [3.05, 3.63) is 93.3 Å². The summed E-state index contributed by atoms with van der Waals surface area (Å²) in [6.45, 7) is 0.791. The number of ether oxygens (including phenoxy) is 1. The van der Waals surface area contributed by atoms with E-state index in [0.717, 1.165) is 32.2 Å². The number of alkyl halides is 3. The number of halogens is 4. The molecule has 4 rings (SSSR count). The van der Waals surface area contributed by atoms with Gasteiger partial charge < -0.3 is 10.1 Å². The smallest absolute Gasteiger partial charge is 0.383 e. The van der Waals surface area contributed by atoms with Crippen LogP contribution >= 0.6 is 22.9 Å². The lowest BCUT2D eigenvalue weighted by Gasteiger charge is -2.09. The highest BCUT2D eigenvalue weighted by molar-refractivity contribution is 7.19. The molecule has 0 saturated heterocycles. The molecule has 0 saturated carbocycles. The number of carbonyl (C=O) groups excluding carboxylic acids is 1. The number of nitrogens with one attached hydrogen (secondary N) is 1. The Morgan fingerprint density at radius 1 is 1.06 bits per heavy atom. The molecule has 1 N–H and O–H groups in total. The van der Waals surface area contributed by atoms with E-state index in [1.807, 2.05) is 24.3 Å². The predicted molar refractivity (Wildman–Crippen MR) is 131 cm³/mol. The SMILES string of the molecule is COCCNC(=O)c1cc(Cl)cc(-c2cccc3cc(Cc4cccc(C(F)(F)F)c4)sc23)c1. The van der Waals surface area contributed by atoms with Crippen molar-refractivity contribution in [2.45, 2.75) is 12.6 Å². The Morgan fingerprint density at radius 2 is 1.85 bits per heavy atom. The zero-order valence-corrected chi connectivity index (χ0v) is 19.8. The van der Waals surface area contributed by atoms with E-state index in [2.05, 4.69) is 5.32 Å². The van der Waals surface area contributed by atoms with Crippen molar-refractivity contribution in [3.8, 4) is 11.1 Å². The van der Waals surface area contributed by atoms with Crippen LogP contribution in [0.2, 0.25) is 5.02 Å². The lowest BCUT2D eigenvalue weighted by atomic mass is 10.0. The molecule has 0 radical (unpaired) electrons. The highest BCUT2D eigenvalue weighted by Crippen LogP contribution is 2.37. The summed E-state index contributed by atoms with van der Waals surface area (Å²) in [4.78, 5) is 13.5. The quantitative estimate of drug-likeness (QED) is 0.271. The number of rotatable bonds is 7. The van der Waals surface area contributed by atoms with Gasteiger partial charge in [-0.05, 0) is 52.4 Å². The molecule has 0 aliphatic rings. The average molecular weight is 504 g/mol. The molecule has 0 unspecified atom stereocenters. The fourth-order valence-corrected chi connectivity index (χ4v) is 5.20. The van der Waals surface area contributed by atoms with Gasteiger partial charge in [0.2, 0.25) is 0 Å². The molecule has 3 aromatic carbocycles. The lowest BCUT2D eigenvalue weighted by molar-refractivity contribution is -0.137. The highest BCUT2D eigenvalue weighted by Gasteiger charge is 2.30. The van der Waals surface area contributed by atoms with Crippen LogP contribution in [0, 0.1) is 0 Å². The standard InChI is InChI=1S/C26H21ClF3NO2S/c1-33-9-8-31-25(32)19-12-18(13-21(27)14-19)23-7-3-5-17-15-22(34-24(17)23)11-16-4-2-6-20(10-16)26(28,29)30/h2-7,10,12-15H,8-9,11H2,1H3,(H,31,32). The molecule has 0 aliphatic carbocycles. The molecule has 0 atom stereocenters. The minimum absolute atomic E-state index is 0.246. The molecule has 34 heavy (non-hydrogen) atoms. The van der Waals surface area contributed by atoms with E-state index in [0.29, 0.717) is 35.7 Å². The van der Waals surface area contributed by atoms with Crippen molar-refractivity contribution in [3.63, 3.8) is 0 Å². The van der Waals surface area contributed by atoms with Gasteiger partial charge in [0.25, 0.3) is 5.91 Å². The van der Waals surface area contributed by atoms with Crippen LogP contribution in [0.3, 0.4) is 0 Å². The second-order valence-corrected chi connectivity index (χ2v) is 9.36. The van der Waals surface area contributed by atoms with Crippen LogP contribution in [-0.2, 0) is 17.3 Å². The van der Waals surface area contributed by atoms with Gasteiger partial charge in [-0.2, -0.15) is 13.2 Å². The van der Waals surface area contributed by atoms with Gasteiger partial charge in [0.15, 0.2) is 0 Å². The zero-order chi connectivity index (χ0) is 24.3. The maximum absolute atomic E-state index is 13.1.